The lowest BCUT2D eigenvalue weighted by Gasteiger charge is -2.13. The Labute approximate surface area is 91.8 Å². The van der Waals surface area contributed by atoms with E-state index in [1.807, 2.05) is 12.1 Å². The summed E-state index contributed by atoms with van der Waals surface area (Å²) in [6.45, 7) is 2.09. The van der Waals surface area contributed by atoms with E-state index in [1.54, 1.807) is 6.20 Å². The van der Waals surface area contributed by atoms with E-state index in [2.05, 4.69) is 33.2 Å². The van der Waals surface area contributed by atoms with E-state index in [9.17, 15) is 0 Å². The second-order valence-electron chi connectivity index (χ2n) is 2.86. The van der Waals surface area contributed by atoms with Crippen molar-refractivity contribution in [2.45, 2.75) is 19.4 Å². The molecule has 0 aromatic carbocycles. The highest BCUT2D eigenvalue weighted by Gasteiger charge is 2.04. The summed E-state index contributed by atoms with van der Waals surface area (Å²) in [7, 11) is 0. The highest BCUT2D eigenvalue weighted by Crippen LogP contribution is 2.19. The summed E-state index contributed by atoms with van der Waals surface area (Å²) in [4.78, 5) is 4.20. The van der Waals surface area contributed by atoms with Gasteiger partial charge in [0.25, 0.3) is 0 Å². The highest BCUT2D eigenvalue weighted by atomic mass is 79.9. The Morgan fingerprint density at radius 3 is 3.08 bits per heavy atom. The molecule has 1 unspecified atom stereocenters. The Bertz CT molecular complexity index is 268. The third-order valence-corrected chi connectivity index (χ3v) is 2.54. The Kier molecular flexibility index (Phi) is 4.53. The zero-order valence-corrected chi connectivity index (χ0v) is 9.77. The minimum atomic E-state index is 0.351. The van der Waals surface area contributed by atoms with Crippen molar-refractivity contribution in [1.29, 1.82) is 0 Å². The van der Waals surface area contributed by atoms with Gasteiger partial charge in [-0.3, -0.25) is 0 Å². The quantitative estimate of drug-likeness (QED) is 0.843. The lowest BCUT2D eigenvalue weighted by Crippen LogP contribution is -2.16. The van der Waals surface area contributed by atoms with Gasteiger partial charge in [-0.2, -0.15) is 0 Å². The van der Waals surface area contributed by atoms with Crippen LogP contribution in [0.5, 0.6) is 0 Å². The molecule has 0 saturated heterocycles. The van der Waals surface area contributed by atoms with Gasteiger partial charge in [0.05, 0.1) is 4.47 Å². The molecule has 13 heavy (non-hydrogen) atoms. The van der Waals surface area contributed by atoms with Gasteiger partial charge in [0.15, 0.2) is 0 Å². The van der Waals surface area contributed by atoms with E-state index in [0.717, 1.165) is 16.7 Å². The van der Waals surface area contributed by atoms with Crippen LogP contribution in [0.3, 0.4) is 0 Å². The predicted octanol–water partition coefficient (Wildman–Crippen LogP) is 3.27. The fraction of sp³-hybridized carbons (Fsp3) is 0.444. The molecule has 1 aromatic rings. The molecule has 0 amide bonds. The molecule has 1 atom stereocenters. The van der Waals surface area contributed by atoms with Gasteiger partial charge in [-0.15, -0.1) is 11.6 Å². The molecule has 1 aromatic heterocycles. The largest absolute Gasteiger partial charge is 0.367 e. The maximum Gasteiger partial charge on any atom is 0.140 e. The molecule has 1 rings (SSSR count). The summed E-state index contributed by atoms with van der Waals surface area (Å²) >= 11 is 9.05. The number of halogens is 2. The van der Waals surface area contributed by atoms with Gasteiger partial charge >= 0.3 is 0 Å². The Balaban J connectivity index is 2.58. The van der Waals surface area contributed by atoms with E-state index in [0.29, 0.717) is 11.9 Å². The van der Waals surface area contributed by atoms with E-state index in [1.165, 1.54) is 0 Å². The second-order valence-corrected chi connectivity index (χ2v) is 4.09. The molecular formula is C9H12BrClN2. The average Bonchev–Trinajstić information content (AvgIpc) is 2.09. The minimum absolute atomic E-state index is 0.351. The van der Waals surface area contributed by atoms with Gasteiger partial charge in [0, 0.05) is 18.1 Å². The lowest BCUT2D eigenvalue weighted by atomic mass is 10.2. The molecule has 4 heteroatoms. The van der Waals surface area contributed by atoms with Crippen LogP contribution in [0, 0.1) is 0 Å². The molecule has 1 N–H and O–H groups in total. The van der Waals surface area contributed by atoms with Crippen LogP contribution in [0.2, 0.25) is 0 Å². The minimum Gasteiger partial charge on any atom is -0.367 e. The number of anilines is 1. The first-order chi connectivity index (χ1) is 6.24. The smallest absolute Gasteiger partial charge is 0.140 e. The number of nitrogens with one attached hydrogen (secondary N) is 1. The van der Waals surface area contributed by atoms with Crippen LogP contribution in [0.1, 0.15) is 13.3 Å². The molecule has 1 heterocycles. The second kappa shape index (κ2) is 5.45. The van der Waals surface area contributed by atoms with Crippen LogP contribution in [0.15, 0.2) is 22.8 Å². The molecule has 2 nitrogen and oxygen atoms in total. The maximum atomic E-state index is 5.63. The van der Waals surface area contributed by atoms with Gasteiger partial charge in [-0.25, -0.2) is 4.98 Å². The number of aromatic nitrogens is 1. The summed E-state index contributed by atoms with van der Waals surface area (Å²) in [5, 5.41) is 3.27. The van der Waals surface area contributed by atoms with E-state index >= 15 is 0 Å². The maximum absolute atomic E-state index is 5.63. The van der Waals surface area contributed by atoms with Gasteiger partial charge in [-0.05, 0) is 41.4 Å². The summed E-state index contributed by atoms with van der Waals surface area (Å²) in [6.07, 6.45) is 2.70. The summed E-state index contributed by atoms with van der Waals surface area (Å²) in [5.74, 6) is 1.54. The van der Waals surface area contributed by atoms with E-state index in [-0.39, 0.29) is 0 Å². The number of hydrogen-bond acceptors (Lipinski definition) is 2. The molecule has 0 aliphatic rings. The van der Waals surface area contributed by atoms with Crippen LogP contribution >= 0.6 is 27.5 Å². The normalized spacial score (nSPS) is 12.5. The van der Waals surface area contributed by atoms with Crippen molar-refractivity contribution in [3.8, 4) is 0 Å². The van der Waals surface area contributed by atoms with Crippen LogP contribution in [-0.2, 0) is 0 Å². The van der Waals surface area contributed by atoms with Crippen molar-refractivity contribution in [1.82, 2.24) is 4.98 Å². The first-order valence-corrected chi connectivity index (χ1v) is 5.50. The zero-order valence-electron chi connectivity index (χ0n) is 7.43. The van der Waals surface area contributed by atoms with Gasteiger partial charge in [0.2, 0.25) is 0 Å². The molecule has 0 radical (unpaired) electrons. The summed E-state index contributed by atoms with van der Waals surface area (Å²) in [6, 6.07) is 4.20. The Hall–Kier alpha value is -0.280. The predicted molar refractivity (Wildman–Crippen MR) is 60.4 cm³/mol. The topological polar surface area (TPSA) is 24.9 Å². The molecule has 72 valence electrons. The summed E-state index contributed by atoms with van der Waals surface area (Å²) in [5.41, 5.74) is 0. The molecular weight excluding hydrogens is 251 g/mol. The third kappa shape index (κ3) is 3.53. The monoisotopic (exact) mass is 262 g/mol. The van der Waals surface area contributed by atoms with Crippen LogP contribution in [0.4, 0.5) is 5.82 Å². The van der Waals surface area contributed by atoms with E-state index < -0.39 is 0 Å². The highest BCUT2D eigenvalue weighted by molar-refractivity contribution is 9.10. The molecule has 0 fully saturated rings. The van der Waals surface area contributed by atoms with Crippen LogP contribution in [0.25, 0.3) is 0 Å². The standard InChI is InChI=1S/C9H12BrClN2/c1-7(4-5-11)13-9-8(10)3-2-6-12-9/h2-3,6-7H,4-5H2,1H3,(H,12,13). The molecule has 0 aliphatic heterocycles. The number of hydrogen-bond donors (Lipinski definition) is 1. The van der Waals surface area contributed by atoms with Gasteiger partial charge < -0.3 is 5.32 Å². The fourth-order valence-electron chi connectivity index (χ4n) is 0.961. The van der Waals surface area contributed by atoms with Crippen LogP contribution in [-0.4, -0.2) is 16.9 Å². The van der Waals surface area contributed by atoms with Crippen molar-refractivity contribution in [2.75, 3.05) is 11.2 Å². The number of alkyl halides is 1. The van der Waals surface area contributed by atoms with E-state index in [4.69, 9.17) is 11.6 Å². The Morgan fingerprint density at radius 1 is 1.69 bits per heavy atom. The third-order valence-electron chi connectivity index (χ3n) is 1.68. The zero-order chi connectivity index (χ0) is 9.68. The molecule has 0 saturated carbocycles. The first kappa shape index (κ1) is 10.8. The number of pyridine rings is 1. The van der Waals surface area contributed by atoms with Gasteiger partial charge in [-0.1, -0.05) is 0 Å². The summed E-state index contributed by atoms with van der Waals surface area (Å²) < 4.78 is 0.983. The first-order valence-electron chi connectivity index (χ1n) is 4.17. The van der Waals surface area contributed by atoms with Crippen molar-refractivity contribution in [3.05, 3.63) is 22.8 Å². The lowest BCUT2D eigenvalue weighted by molar-refractivity contribution is 0.763. The van der Waals surface area contributed by atoms with Crippen molar-refractivity contribution >= 4 is 33.3 Å². The fourth-order valence-corrected chi connectivity index (χ4v) is 1.66. The molecule has 0 aliphatic carbocycles. The van der Waals surface area contributed by atoms with Crippen molar-refractivity contribution < 1.29 is 0 Å². The number of nitrogens with zero attached hydrogens (tertiary/aromatic N) is 1. The van der Waals surface area contributed by atoms with Gasteiger partial charge in [0.1, 0.15) is 5.82 Å². The average molecular weight is 264 g/mol. The van der Waals surface area contributed by atoms with Crippen LogP contribution < -0.4 is 5.32 Å². The Morgan fingerprint density at radius 2 is 2.46 bits per heavy atom. The molecule has 0 bridgehead atoms. The van der Waals surface area contributed by atoms with Crippen molar-refractivity contribution in [2.24, 2.45) is 0 Å². The molecule has 0 spiro atoms. The van der Waals surface area contributed by atoms with Crippen molar-refractivity contribution in [3.63, 3.8) is 0 Å². The number of rotatable bonds is 4. The SMILES string of the molecule is CC(CCCl)Nc1ncccc1Br.